The average molecular weight is 385 g/mol. The maximum atomic E-state index is 12.4. The molecule has 0 aliphatic carbocycles. The Morgan fingerprint density at radius 2 is 2.18 bits per heavy atom. The summed E-state index contributed by atoms with van der Waals surface area (Å²) >= 11 is 0. The Kier molecular flexibility index (Phi) is 6.92. The summed E-state index contributed by atoms with van der Waals surface area (Å²) < 4.78 is 6.07. The molecule has 2 saturated heterocycles. The summed E-state index contributed by atoms with van der Waals surface area (Å²) in [6.45, 7) is 0. The van der Waals surface area contributed by atoms with Crippen LogP contribution in [0.15, 0.2) is 41.8 Å². The number of carbonyl (C=O) groups excluding carboxylic acids is 1. The number of carboxylic acid groups (broad SMARTS) is 1. The SMILES string of the molecule is CN(N=C[C@H]1[C@@H](CC=CCCCC(=O)O)[C@H]2CC[C@@H]1O2)C(=O)c1cccnc1. The minimum atomic E-state index is -0.754. The van der Waals surface area contributed by atoms with E-state index in [9.17, 15) is 9.59 Å². The summed E-state index contributed by atoms with van der Waals surface area (Å²) in [5.74, 6) is -0.411. The third-order valence-electron chi connectivity index (χ3n) is 5.44. The Morgan fingerprint density at radius 3 is 2.93 bits per heavy atom. The van der Waals surface area contributed by atoms with Crippen LogP contribution in [-0.4, -0.2) is 52.4 Å². The lowest BCUT2D eigenvalue weighted by atomic mass is 9.78. The number of allylic oxidation sites excluding steroid dienone is 2. The minimum absolute atomic E-state index is 0.168. The zero-order valence-corrected chi connectivity index (χ0v) is 16.1. The predicted molar refractivity (Wildman–Crippen MR) is 105 cm³/mol. The summed E-state index contributed by atoms with van der Waals surface area (Å²) in [7, 11) is 1.65. The molecule has 7 heteroatoms. The summed E-state index contributed by atoms with van der Waals surface area (Å²) in [6.07, 6.45) is 14.2. The Balaban J connectivity index is 1.55. The zero-order chi connectivity index (χ0) is 19.9. The Morgan fingerprint density at radius 1 is 1.36 bits per heavy atom. The van der Waals surface area contributed by atoms with Crippen LogP contribution in [-0.2, 0) is 9.53 Å². The van der Waals surface area contributed by atoms with E-state index in [0.717, 1.165) is 25.7 Å². The van der Waals surface area contributed by atoms with Gasteiger partial charge >= 0.3 is 5.97 Å². The van der Waals surface area contributed by atoms with Crippen molar-refractivity contribution in [1.82, 2.24) is 9.99 Å². The Labute approximate surface area is 165 Å². The van der Waals surface area contributed by atoms with Gasteiger partial charge in [-0.2, -0.15) is 5.10 Å². The van der Waals surface area contributed by atoms with Crippen LogP contribution in [0.5, 0.6) is 0 Å². The van der Waals surface area contributed by atoms with Gasteiger partial charge in [-0.25, -0.2) is 5.01 Å². The second-order valence-corrected chi connectivity index (χ2v) is 7.36. The number of hydrogen-bond acceptors (Lipinski definition) is 5. The smallest absolute Gasteiger partial charge is 0.303 e. The van der Waals surface area contributed by atoms with Crippen molar-refractivity contribution in [2.75, 3.05) is 7.05 Å². The highest BCUT2D eigenvalue weighted by molar-refractivity contribution is 5.93. The van der Waals surface area contributed by atoms with Crippen LogP contribution in [0.1, 0.15) is 48.9 Å². The average Bonchev–Trinajstić information content (AvgIpc) is 3.30. The molecule has 2 aliphatic rings. The van der Waals surface area contributed by atoms with Crippen LogP contribution < -0.4 is 0 Å². The maximum Gasteiger partial charge on any atom is 0.303 e. The van der Waals surface area contributed by atoms with Gasteiger partial charge in [0, 0.05) is 38.0 Å². The van der Waals surface area contributed by atoms with Gasteiger partial charge in [-0.15, -0.1) is 0 Å². The van der Waals surface area contributed by atoms with Gasteiger partial charge in [0.2, 0.25) is 0 Å². The highest BCUT2D eigenvalue weighted by Crippen LogP contribution is 2.44. The van der Waals surface area contributed by atoms with Crippen LogP contribution in [0.3, 0.4) is 0 Å². The lowest BCUT2D eigenvalue weighted by molar-refractivity contribution is -0.137. The molecule has 2 aliphatic heterocycles. The molecule has 3 rings (SSSR count). The molecule has 0 saturated carbocycles. The quantitative estimate of drug-likeness (QED) is 0.305. The number of hydrazone groups is 1. The van der Waals surface area contributed by atoms with E-state index in [2.05, 4.69) is 22.2 Å². The van der Waals surface area contributed by atoms with Gasteiger partial charge in [0.05, 0.1) is 17.8 Å². The van der Waals surface area contributed by atoms with E-state index in [4.69, 9.17) is 9.84 Å². The molecule has 28 heavy (non-hydrogen) atoms. The number of amides is 1. The minimum Gasteiger partial charge on any atom is -0.481 e. The van der Waals surface area contributed by atoms with E-state index in [1.54, 1.807) is 25.4 Å². The summed E-state index contributed by atoms with van der Waals surface area (Å²) in [5, 5.41) is 14.4. The number of fused-ring (bicyclic) bond motifs is 2. The van der Waals surface area contributed by atoms with Gasteiger partial charge in [0.25, 0.3) is 5.91 Å². The molecule has 1 N–H and O–H groups in total. The molecule has 0 unspecified atom stereocenters. The van der Waals surface area contributed by atoms with Crippen LogP contribution in [0, 0.1) is 11.8 Å². The topological polar surface area (TPSA) is 92.1 Å². The molecule has 3 heterocycles. The van der Waals surface area contributed by atoms with Gasteiger partial charge in [-0.1, -0.05) is 12.2 Å². The van der Waals surface area contributed by atoms with E-state index >= 15 is 0 Å². The normalized spacial score (nSPS) is 26.3. The fourth-order valence-electron chi connectivity index (χ4n) is 3.97. The Hall–Kier alpha value is -2.54. The molecule has 7 nitrogen and oxygen atoms in total. The van der Waals surface area contributed by atoms with Crippen LogP contribution >= 0.6 is 0 Å². The number of hydrogen-bond donors (Lipinski definition) is 1. The molecule has 2 fully saturated rings. The standard InChI is InChI=1S/C21H27N3O4/c1-24(21(27)15-7-6-12-22-13-15)23-14-17-16(18-10-11-19(17)28-18)8-4-2-3-5-9-20(25)26/h2,4,6-7,12-14,16-19H,3,5,8-11H2,1H3,(H,25,26)/t16-,17+,18-,19+/m1/s1. The fourth-order valence-corrected chi connectivity index (χ4v) is 3.97. The molecule has 2 bridgehead atoms. The van der Waals surface area contributed by atoms with Gasteiger partial charge in [0.1, 0.15) is 0 Å². The van der Waals surface area contributed by atoms with E-state index in [-0.39, 0.29) is 30.5 Å². The first-order valence-corrected chi connectivity index (χ1v) is 9.80. The van der Waals surface area contributed by atoms with E-state index in [1.165, 1.54) is 11.2 Å². The number of ether oxygens (including phenoxy) is 1. The van der Waals surface area contributed by atoms with E-state index < -0.39 is 5.97 Å². The molecule has 1 aromatic heterocycles. The monoisotopic (exact) mass is 385 g/mol. The first-order valence-electron chi connectivity index (χ1n) is 9.80. The van der Waals surface area contributed by atoms with Crippen molar-refractivity contribution in [2.45, 2.75) is 50.7 Å². The van der Waals surface area contributed by atoms with Gasteiger partial charge in [0.15, 0.2) is 0 Å². The molecular formula is C21H27N3O4. The predicted octanol–water partition coefficient (Wildman–Crippen LogP) is 3.13. The van der Waals surface area contributed by atoms with Gasteiger partial charge < -0.3 is 9.84 Å². The summed E-state index contributed by atoms with van der Waals surface area (Å²) in [4.78, 5) is 26.9. The van der Waals surface area contributed by atoms with Crippen LogP contribution in [0.4, 0.5) is 0 Å². The van der Waals surface area contributed by atoms with E-state index in [1.807, 2.05) is 6.21 Å². The number of pyridine rings is 1. The molecular weight excluding hydrogens is 358 g/mol. The van der Waals surface area contributed by atoms with Crippen molar-refractivity contribution in [1.29, 1.82) is 0 Å². The summed E-state index contributed by atoms with van der Waals surface area (Å²) in [5.41, 5.74) is 0.507. The lowest BCUT2D eigenvalue weighted by Crippen LogP contribution is -2.29. The third-order valence-corrected chi connectivity index (χ3v) is 5.44. The number of nitrogens with zero attached hydrogens (tertiary/aromatic N) is 3. The van der Waals surface area contributed by atoms with Crippen LogP contribution in [0.25, 0.3) is 0 Å². The maximum absolute atomic E-state index is 12.4. The number of carboxylic acids is 1. The van der Waals surface area contributed by atoms with Crippen molar-refractivity contribution in [3.8, 4) is 0 Å². The molecule has 150 valence electrons. The number of aliphatic carboxylic acids is 1. The molecule has 0 aromatic carbocycles. The van der Waals surface area contributed by atoms with Crippen molar-refractivity contribution < 1.29 is 19.4 Å². The van der Waals surface area contributed by atoms with Gasteiger partial charge in [-0.3, -0.25) is 14.6 Å². The largest absolute Gasteiger partial charge is 0.481 e. The third kappa shape index (κ3) is 5.04. The molecule has 0 spiro atoms. The first kappa shape index (κ1) is 20.2. The molecule has 4 atom stereocenters. The number of rotatable bonds is 9. The highest BCUT2D eigenvalue weighted by atomic mass is 16.5. The van der Waals surface area contributed by atoms with Crippen molar-refractivity contribution in [3.05, 3.63) is 42.2 Å². The van der Waals surface area contributed by atoms with Gasteiger partial charge in [-0.05, 0) is 50.2 Å². The fraction of sp³-hybridized carbons (Fsp3) is 0.524. The highest BCUT2D eigenvalue weighted by Gasteiger charge is 2.47. The van der Waals surface area contributed by atoms with Crippen molar-refractivity contribution in [2.24, 2.45) is 16.9 Å². The first-order chi connectivity index (χ1) is 13.6. The van der Waals surface area contributed by atoms with Crippen molar-refractivity contribution >= 4 is 18.1 Å². The molecule has 1 aromatic rings. The summed E-state index contributed by atoms with van der Waals surface area (Å²) in [6, 6.07) is 3.45. The zero-order valence-electron chi connectivity index (χ0n) is 16.1. The second kappa shape index (κ2) is 9.59. The molecule has 1 amide bonds. The number of carbonyl (C=O) groups is 2. The number of unbranched alkanes of at least 4 members (excludes halogenated alkanes) is 1. The second-order valence-electron chi connectivity index (χ2n) is 7.36. The Bertz CT molecular complexity index is 734. The van der Waals surface area contributed by atoms with E-state index in [0.29, 0.717) is 17.9 Å². The van der Waals surface area contributed by atoms with Crippen LogP contribution in [0.2, 0.25) is 0 Å². The number of aromatic nitrogens is 1. The molecule has 0 radical (unpaired) electrons. The lowest BCUT2D eigenvalue weighted by Gasteiger charge is -2.24. The van der Waals surface area contributed by atoms with Crippen molar-refractivity contribution in [3.63, 3.8) is 0 Å².